The van der Waals surface area contributed by atoms with Crippen molar-refractivity contribution in [1.82, 2.24) is 4.98 Å². The SMILES string of the molecule is CCOC(=O)c1c(CSc2nc(C)c(C)c(C)c2C#N)oc2ccc(OC(C)=O)cc12. The van der Waals surface area contributed by atoms with Crippen LogP contribution in [0, 0.1) is 32.1 Å². The van der Waals surface area contributed by atoms with Crippen molar-refractivity contribution in [3.63, 3.8) is 0 Å². The van der Waals surface area contributed by atoms with Gasteiger partial charge in [-0.2, -0.15) is 5.26 Å². The first-order chi connectivity index (χ1) is 14.8. The molecule has 8 heteroatoms. The predicted octanol–water partition coefficient (Wildman–Crippen LogP) is 5.02. The summed E-state index contributed by atoms with van der Waals surface area (Å²) in [6, 6.07) is 7.05. The molecule has 0 saturated heterocycles. The number of benzene rings is 1. The van der Waals surface area contributed by atoms with Crippen LogP contribution in [0.1, 0.15) is 52.3 Å². The molecule has 160 valence electrons. The molecule has 0 spiro atoms. The zero-order chi connectivity index (χ0) is 22.7. The first kappa shape index (κ1) is 22.4. The number of hydrogen-bond acceptors (Lipinski definition) is 8. The molecule has 0 radical (unpaired) electrons. The average Bonchev–Trinajstić information content (AvgIpc) is 3.08. The summed E-state index contributed by atoms with van der Waals surface area (Å²) in [5.41, 5.74) is 3.98. The fourth-order valence-electron chi connectivity index (χ4n) is 3.17. The van der Waals surface area contributed by atoms with E-state index < -0.39 is 11.9 Å². The number of aryl methyl sites for hydroxylation is 1. The predicted molar refractivity (Wildman–Crippen MR) is 116 cm³/mol. The van der Waals surface area contributed by atoms with Gasteiger partial charge in [-0.3, -0.25) is 4.79 Å². The first-order valence-electron chi connectivity index (χ1n) is 9.68. The molecule has 0 saturated carbocycles. The maximum atomic E-state index is 12.7. The van der Waals surface area contributed by atoms with E-state index in [2.05, 4.69) is 11.1 Å². The summed E-state index contributed by atoms with van der Waals surface area (Å²) in [5, 5.41) is 10.7. The van der Waals surface area contributed by atoms with Crippen LogP contribution < -0.4 is 4.74 Å². The van der Waals surface area contributed by atoms with Crippen molar-refractivity contribution < 1.29 is 23.5 Å². The monoisotopic (exact) mass is 438 g/mol. The molecule has 0 fully saturated rings. The van der Waals surface area contributed by atoms with Gasteiger partial charge >= 0.3 is 11.9 Å². The van der Waals surface area contributed by atoms with Crippen LogP contribution in [-0.2, 0) is 15.3 Å². The molecule has 0 unspecified atom stereocenters. The minimum Gasteiger partial charge on any atom is -0.462 e. The lowest BCUT2D eigenvalue weighted by atomic mass is 10.1. The summed E-state index contributed by atoms with van der Waals surface area (Å²) in [5.74, 6) is -0.00290. The van der Waals surface area contributed by atoms with Crippen molar-refractivity contribution in [1.29, 1.82) is 5.26 Å². The van der Waals surface area contributed by atoms with Crippen LogP contribution in [0.2, 0.25) is 0 Å². The zero-order valence-electron chi connectivity index (χ0n) is 18.0. The fraction of sp³-hybridized carbons (Fsp3) is 0.304. The molecule has 0 aliphatic carbocycles. The van der Waals surface area contributed by atoms with Gasteiger partial charge in [-0.15, -0.1) is 0 Å². The second kappa shape index (κ2) is 9.23. The first-order valence-corrected chi connectivity index (χ1v) is 10.7. The van der Waals surface area contributed by atoms with E-state index >= 15 is 0 Å². The number of ether oxygens (including phenoxy) is 2. The van der Waals surface area contributed by atoms with Crippen molar-refractivity contribution in [2.45, 2.75) is 45.4 Å². The summed E-state index contributed by atoms with van der Waals surface area (Å²) in [6.45, 7) is 8.97. The van der Waals surface area contributed by atoms with Crippen molar-refractivity contribution in [3.05, 3.63) is 51.9 Å². The summed E-state index contributed by atoms with van der Waals surface area (Å²) in [6.07, 6.45) is 0. The van der Waals surface area contributed by atoms with Gasteiger partial charge in [0.05, 0.1) is 17.9 Å². The Morgan fingerprint density at radius 3 is 2.61 bits per heavy atom. The van der Waals surface area contributed by atoms with Crippen LogP contribution in [0.4, 0.5) is 0 Å². The third-order valence-electron chi connectivity index (χ3n) is 4.89. The average molecular weight is 439 g/mol. The van der Waals surface area contributed by atoms with Crippen molar-refractivity contribution in [2.24, 2.45) is 0 Å². The van der Waals surface area contributed by atoms with E-state index in [0.29, 0.717) is 33.1 Å². The number of carbonyl (C=O) groups excluding carboxylic acids is 2. The Labute approximate surface area is 184 Å². The number of esters is 2. The lowest BCUT2D eigenvalue weighted by molar-refractivity contribution is -0.131. The standard InChI is InChI=1S/C23H22N2O5S/c1-6-28-23(27)21-17-9-16(29-15(5)26)7-8-19(17)30-20(21)11-31-22-18(10-24)13(3)12(2)14(4)25-22/h7-9H,6,11H2,1-5H3. The van der Waals surface area contributed by atoms with E-state index in [1.54, 1.807) is 25.1 Å². The van der Waals surface area contributed by atoms with E-state index in [1.807, 2.05) is 20.8 Å². The van der Waals surface area contributed by atoms with Crippen molar-refractivity contribution >= 4 is 34.7 Å². The quantitative estimate of drug-likeness (QED) is 0.300. The van der Waals surface area contributed by atoms with Crippen molar-refractivity contribution in [2.75, 3.05) is 6.61 Å². The molecule has 3 rings (SSSR count). The van der Waals surface area contributed by atoms with Gasteiger partial charge in [-0.05, 0) is 57.0 Å². The van der Waals surface area contributed by atoms with Crippen LogP contribution in [-0.4, -0.2) is 23.5 Å². The van der Waals surface area contributed by atoms with E-state index in [0.717, 1.165) is 16.8 Å². The number of aromatic nitrogens is 1. The second-order valence-corrected chi connectivity index (χ2v) is 7.86. The van der Waals surface area contributed by atoms with Crippen LogP contribution in [0.15, 0.2) is 27.6 Å². The fourth-order valence-corrected chi connectivity index (χ4v) is 4.18. The highest BCUT2D eigenvalue weighted by Crippen LogP contribution is 2.35. The normalized spacial score (nSPS) is 10.7. The van der Waals surface area contributed by atoms with E-state index in [1.165, 1.54) is 18.7 Å². The Morgan fingerprint density at radius 2 is 1.97 bits per heavy atom. The number of fused-ring (bicyclic) bond motifs is 1. The molecule has 7 nitrogen and oxygen atoms in total. The Hall–Kier alpha value is -3.31. The van der Waals surface area contributed by atoms with E-state index in [4.69, 9.17) is 13.9 Å². The highest BCUT2D eigenvalue weighted by molar-refractivity contribution is 7.98. The molecule has 2 heterocycles. The molecule has 0 bridgehead atoms. The molecule has 0 N–H and O–H groups in total. The molecule has 0 aliphatic rings. The summed E-state index contributed by atoms with van der Waals surface area (Å²) < 4.78 is 16.3. The summed E-state index contributed by atoms with van der Waals surface area (Å²) in [4.78, 5) is 28.6. The highest BCUT2D eigenvalue weighted by Gasteiger charge is 2.24. The van der Waals surface area contributed by atoms with Crippen LogP contribution in [0.3, 0.4) is 0 Å². The Kier molecular flexibility index (Phi) is 6.66. The minimum atomic E-state index is -0.526. The smallest absolute Gasteiger partial charge is 0.342 e. The molecule has 0 amide bonds. The molecule has 2 aromatic heterocycles. The van der Waals surface area contributed by atoms with Gasteiger partial charge < -0.3 is 13.9 Å². The van der Waals surface area contributed by atoms with Gasteiger partial charge in [0.15, 0.2) is 0 Å². The molecular weight excluding hydrogens is 416 g/mol. The van der Waals surface area contributed by atoms with Gasteiger partial charge in [0, 0.05) is 18.0 Å². The van der Waals surface area contributed by atoms with Gasteiger partial charge in [-0.1, -0.05) is 11.8 Å². The van der Waals surface area contributed by atoms with E-state index in [9.17, 15) is 14.9 Å². The maximum Gasteiger partial charge on any atom is 0.342 e. The number of hydrogen-bond donors (Lipinski definition) is 0. The van der Waals surface area contributed by atoms with Crippen molar-refractivity contribution in [3.8, 4) is 11.8 Å². The molecule has 0 aliphatic heterocycles. The molecule has 1 aromatic carbocycles. The molecule has 0 atom stereocenters. The molecule has 31 heavy (non-hydrogen) atoms. The Bertz CT molecular complexity index is 1220. The lowest BCUT2D eigenvalue weighted by Crippen LogP contribution is -2.07. The second-order valence-electron chi connectivity index (χ2n) is 6.90. The Morgan fingerprint density at radius 1 is 1.23 bits per heavy atom. The minimum absolute atomic E-state index is 0.207. The molecular formula is C23H22N2O5S. The molecule has 3 aromatic rings. The van der Waals surface area contributed by atoms with Crippen LogP contribution >= 0.6 is 11.8 Å². The number of carbonyl (C=O) groups is 2. The van der Waals surface area contributed by atoms with E-state index in [-0.39, 0.29) is 17.9 Å². The van der Waals surface area contributed by atoms with Gasteiger partial charge in [0.1, 0.15) is 33.8 Å². The number of furan rings is 1. The largest absolute Gasteiger partial charge is 0.462 e. The zero-order valence-corrected chi connectivity index (χ0v) is 18.8. The number of pyridine rings is 1. The number of rotatable bonds is 6. The summed E-state index contributed by atoms with van der Waals surface area (Å²) in [7, 11) is 0. The topological polar surface area (TPSA) is 102 Å². The van der Waals surface area contributed by atoms with Gasteiger partial charge in [0.2, 0.25) is 0 Å². The lowest BCUT2D eigenvalue weighted by Gasteiger charge is -2.11. The van der Waals surface area contributed by atoms with Crippen LogP contribution in [0.5, 0.6) is 5.75 Å². The number of thioether (sulfide) groups is 1. The highest BCUT2D eigenvalue weighted by atomic mass is 32.2. The number of nitriles is 1. The van der Waals surface area contributed by atoms with Crippen LogP contribution in [0.25, 0.3) is 11.0 Å². The third-order valence-corrected chi connectivity index (χ3v) is 5.86. The summed E-state index contributed by atoms with van der Waals surface area (Å²) >= 11 is 1.32. The Balaban J connectivity index is 2.04. The maximum absolute atomic E-state index is 12.7. The van der Waals surface area contributed by atoms with Gasteiger partial charge in [0.25, 0.3) is 0 Å². The number of nitrogens with zero attached hydrogens (tertiary/aromatic N) is 2. The van der Waals surface area contributed by atoms with Gasteiger partial charge in [-0.25, -0.2) is 9.78 Å². The third kappa shape index (κ3) is 4.57.